The fraction of sp³-hybridized carbons (Fsp3) is 0.0714. The average Bonchev–Trinajstić information content (AvgIpc) is 2.89. The number of hydrogen-bond acceptors (Lipinski definition) is 4. The normalized spacial score (nSPS) is 10.4. The number of ether oxygens (including phenoxy) is 1. The number of aromatic nitrogens is 3. The van der Waals surface area contributed by atoms with E-state index in [0.29, 0.717) is 17.3 Å². The molecular formula is C14H12N4O2. The van der Waals surface area contributed by atoms with E-state index in [1.807, 2.05) is 0 Å². The molecule has 0 atom stereocenters. The molecule has 3 aromatic rings. The van der Waals surface area contributed by atoms with Gasteiger partial charge in [-0.15, -0.1) is 0 Å². The first-order valence-corrected chi connectivity index (χ1v) is 6.01. The van der Waals surface area contributed by atoms with Gasteiger partial charge in [0.2, 0.25) is 5.95 Å². The molecule has 3 rings (SSSR count). The second kappa shape index (κ2) is 5.00. The van der Waals surface area contributed by atoms with Gasteiger partial charge in [0, 0.05) is 11.8 Å². The largest absolute Gasteiger partial charge is 0.497 e. The van der Waals surface area contributed by atoms with Gasteiger partial charge in [0.15, 0.2) is 0 Å². The van der Waals surface area contributed by atoms with Crippen molar-refractivity contribution < 1.29 is 9.53 Å². The van der Waals surface area contributed by atoms with Gasteiger partial charge in [-0.1, -0.05) is 0 Å². The summed E-state index contributed by atoms with van der Waals surface area (Å²) < 4.78 is 5.05. The van der Waals surface area contributed by atoms with Crippen LogP contribution in [0.3, 0.4) is 0 Å². The predicted octanol–water partition coefficient (Wildman–Crippen LogP) is 2.22. The molecule has 2 heterocycles. The smallest absolute Gasteiger partial charge is 0.257 e. The zero-order valence-electron chi connectivity index (χ0n) is 10.8. The van der Waals surface area contributed by atoms with E-state index in [4.69, 9.17) is 4.74 Å². The molecule has 0 aliphatic heterocycles. The third kappa shape index (κ3) is 2.31. The quantitative estimate of drug-likeness (QED) is 0.763. The van der Waals surface area contributed by atoms with Crippen molar-refractivity contribution in [1.29, 1.82) is 0 Å². The molecule has 0 saturated carbocycles. The monoisotopic (exact) mass is 268 g/mol. The number of pyridine rings is 1. The highest BCUT2D eigenvalue weighted by molar-refractivity contribution is 6.04. The van der Waals surface area contributed by atoms with Gasteiger partial charge in [0.05, 0.1) is 24.3 Å². The topological polar surface area (TPSA) is 79.9 Å². The Hall–Kier alpha value is -2.89. The lowest BCUT2D eigenvalue weighted by Crippen LogP contribution is -2.12. The molecule has 20 heavy (non-hydrogen) atoms. The first-order valence-electron chi connectivity index (χ1n) is 6.01. The van der Waals surface area contributed by atoms with Crippen LogP contribution in [-0.4, -0.2) is 28.0 Å². The minimum Gasteiger partial charge on any atom is -0.497 e. The van der Waals surface area contributed by atoms with Crippen molar-refractivity contribution in [2.24, 2.45) is 0 Å². The number of nitrogens with zero attached hydrogens (tertiary/aromatic N) is 2. The zero-order valence-corrected chi connectivity index (χ0v) is 10.8. The lowest BCUT2D eigenvalue weighted by atomic mass is 10.2. The van der Waals surface area contributed by atoms with E-state index < -0.39 is 0 Å². The minimum atomic E-state index is -0.236. The van der Waals surface area contributed by atoms with Crippen LogP contribution in [0.5, 0.6) is 5.75 Å². The summed E-state index contributed by atoms with van der Waals surface area (Å²) in [6.07, 6.45) is 3.31. The molecule has 0 saturated heterocycles. The number of hydrogen-bond donors (Lipinski definition) is 2. The molecule has 0 spiro atoms. The highest BCUT2D eigenvalue weighted by atomic mass is 16.5. The number of methoxy groups -OCH3 is 1. The summed E-state index contributed by atoms with van der Waals surface area (Å²) in [5.74, 6) is 0.866. The van der Waals surface area contributed by atoms with Gasteiger partial charge >= 0.3 is 0 Å². The van der Waals surface area contributed by atoms with Crippen LogP contribution in [0.15, 0.2) is 42.7 Å². The average molecular weight is 268 g/mol. The molecule has 1 amide bonds. The van der Waals surface area contributed by atoms with Crippen LogP contribution in [0.25, 0.3) is 11.0 Å². The van der Waals surface area contributed by atoms with Crippen LogP contribution < -0.4 is 10.1 Å². The minimum absolute atomic E-state index is 0.236. The molecule has 2 aromatic heterocycles. The molecule has 0 aliphatic rings. The SMILES string of the molecule is COc1ccc(C(=O)Nc2nc3ccncc3[nH]2)cc1. The summed E-state index contributed by atoms with van der Waals surface area (Å²) in [4.78, 5) is 23.3. The van der Waals surface area contributed by atoms with Crippen LogP contribution in [0.4, 0.5) is 5.95 Å². The Labute approximate surface area is 114 Å². The number of rotatable bonds is 3. The number of anilines is 1. The number of aromatic amines is 1. The molecule has 1 aromatic carbocycles. The van der Waals surface area contributed by atoms with E-state index in [2.05, 4.69) is 20.3 Å². The van der Waals surface area contributed by atoms with Gasteiger partial charge in [-0.2, -0.15) is 0 Å². The molecule has 0 fully saturated rings. The molecule has 2 N–H and O–H groups in total. The summed E-state index contributed by atoms with van der Waals surface area (Å²) in [6.45, 7) is 0. The summed E-state index contributed by atoms with van der Waals surface area (Å²) in [7, 11) is 1.58. The first-order chi connectivity index (χ1) is 9.76. The van der Waals surface area contributed by atoms with Crippen molar-refractivity contribution in [3.63, 3.8) is 0 Å². The Balaban J connectivity index is 1.80. The molecule has 6 heteroatoms. The fourth-order valence-electron chi connectivity index (χ4n) is 1.84. The van der Waals surface area contributed by atoms with Crippen molar-refractivity contribution >= 4 is 22.9 Å². The predicted molar refractivity (Wildman–Crippen MR) is 74.8 cm³/mol. The summed E-state index contributed by atoms with van der Waals surface area (Å²) in [5.41, 5.74) is 2.06. The number of carbonyl (C=O) groups is 1. The van der Waals surface area contributed by atoms with Crippen LogP contribution in [0, 0.1) is 0 Å². The number of H-pyrrole nitrogens is 1. The van der Waals surface area contributed by atoms with Gasteiger partial charge in [0.1, 0.15) is 5.75 Å². The Morgan fingerprint density at radius 2 is 2.05 bits per heavy atom. The van der Waals surface area contributed by atoms with Gasteiger partial charge in [-0.25, -0.2) is 4.98 Å². The zero-order chi connectivity index (χ0) is 13.9. The van der Waals surface area contributed by atoms with Crippen LogP contribution in [0.2, 0.25) is 0 Å². The molecule has 0 bridgehead atoms. The van der Waals surface area contributed by atoms with E-state index in [1.54, 1.807) is 49.8 Å². The van der Waals surface area contributed by atoms with Gasteiger partial charge in [-0.3, -0.25) is 15.1 Å². The maximum atomic E-state index is 12.1. The number of imidazole rings is 1. The Bertz CT molecular complexity index is 716. The van der Waals surface area contributed by atoms with E-state index in [0.717, 1.165) is 11.0 Å². The van der Waals surface area contributed by atoms with E-state index in [-0.39, 0.29) is 5.91 Å². The molecular weight excluding hydrogens is 256 g/mol. The van der Waals surface area contributed by atoms with Crippen molar-refractivity contribution in [2.75, 3.05) is 12.4 Å². The van der Waals surface area contributed by atoms with Crippen molar-refractivity contribution in [2.45, 2.75) is 0 Å². The lowest BCUT2D eigenvalue weighted by molar-refractivity contribution is 0.102. The molecule has 6 nitrogen and oxygen atoms in total. The van der Waals surface area contributed by atoms with Gasteiger partial charge < -0.3 is 9.72 Å². The molecule has 0 aliphatic carbocycles. The third-order valence-electron chi connectivity index (χ3n) is 2.87. The molecule has 0 radical (unpaired) electrons. The third-order valence-corrected chi connectivity index (χ3v) is 2.87. The Morgan fingerprint density at radius 3 is 2.75 bits per heavy atom. The maximum Gasteiger partial charge on any atom is 0.257 e. The van der Waals surface area contributed by atoms with E-state index in [9.17, 15) is 4.79 Å². The molecule has 100 valence electrons. The highest BCUT2D eigenvalue weighted by Crippen LogP contribution is 2.15. The lowest BCUT2D eigenvalue weighted by Gasteiger charge is -2.03. The van der Waals surface area contributed by atoms with Crippen LogP contribution in [-0.2, 0) is 0 Å². The van der Waals surface area contributed by atoms with Gasteiger partial charge in [0.25, 0.3) is 5.91 Å². The van der Waals surface area contributed by atoms with Crippen molar-refractivity contribution in [1.82, 2.24) is 15.0 Å². The number of fused-ring (bicyclic) bond motifs is 1. The van der Waals surface area contributed by atoms with E-state index in [1.165, 1.54) is 0 Å². The summed E-state index contributed by atoms with van der Waals surface area (Å²) in [5, 5.41) is 2.71. The number of nitrogens with one attached hydrogen (secondary N) is 2. The Kier molecular flexibility index (Phi) is 3.04. The fourth-order valence-corrected chi connectivity index (χ4v) is 1.84. The number of benzene rings is 1. The maximum absolute atomic E-state index is 12.1. The summed E-state index contributed by atoms with van der Waals surface area (Å²) in [6, 6.07) is 8.63. The van der Waals surface area contributed by atoms with Crippen molar-refractivity contribution in [3.8, 4) is 5.75 Å². The number of carbonyl (C=O) groups excluding carboxylic acids is 1. The Morgan fingerprint density at radius 1 is 1.25 bits per heavy atom. The van der Waals surface area contributed by atoms with Crippen LogP contribution >= 0.6 is 0 Å². The first kappa shape index (κ1) is 12.2. The summed E-state index contributed by atoms with van der Waals surface area (Å²) >= 11 is 0. The van der Waals surface area contributed by atoms with Crippen molar-refractivity contribution in [3.05, 3.63) is 48.3 Å². The van der Waals surface area contributed by atoms with Gasteiger partial charge in [-0.05, 0) is 30.3 Å². The highest BCUT2D eigenvalue weighted by Gasteiger charge is 2.09. The van der Waals surface area contributed by atoms with Crippen LogP contribution in [0.1, 0.15) is 10.4 Å². The standard InChI is InChI=1S/C14H12N4O2/c1-20-10-4-2-9(3-5-10)13(19)18-14-16-11-6-7-15-8-12(11)17-14/h2-8H,1H3,(H2,16,17,18,19). The second-order valence-electron chi connectivity index (χ2n) is 4.16. The molecule has 0 unspecified atom stereocenters. The second-order valence-corrected chi connectivity index (χ2v) is 4.16. The van der Waals surface area contributed by atoms with E-state index >= 15 is 0 Å². The number of amides is 1.